The summed E-state index contributed by atoms with van der Waals surface area (Å²) in [7, 11) is 0. The van der Waals surface area contributed by atoms with Gasteiger partial charge in [0.15, 0.2) is 0 Å². The topological polar surface area (TPSA) is 55.6 Å². The molecular formula is C15H28N2O2. The van der Waals surface area contributed by atoms with Crippen LogP contribution in [-0.2, 0) is 9.53 Å². The van der Waals surface area contributed by atoms with Crippen molar-refractivity contribution in [3.8, 4) is 0 Å². The van der Waals surface area contributed by atoms with Gasteiger partial charge in [-0.15, -0.1) is 0 Å². The van der Waals surface area contributed by atoms with Crippen LogP contribution in [0.25, 0.3) is 0 Å². The predicted molar refractivity (Wildman–Crippen MR) is 75.7 cm³/mol. The molecule has 2 aliphatic rings. The highest BCUT2D eigenvalue weighted by Crippen LogP contribution is 2.30. The number of nitrogens with zero attached hydrogens (tertiary/aromatic N) is 1. The number of nitrogens with two attached hydrogens (primary N) is 1. The number of ether oxygens (including phenoxy) is 1. The number of likely N-dealkylation sites (tertiary alicyclic amines) is 1. The molecule has 2 rings (SSSR count). The molecule has 0 radical (unpaired) electrons. The van der Waals surface area contributed by atoms with Crippen molar-refractivity contribution >= 4 is 5.91 Å². The largest absolute Gasteiger partial charge is 0.377 e. The Kier molecular flexibility index (Phi) is 5.22. The van der Waals surface area contributed by atoms with E-state index in [1.165, 1.54) is 0 Å². The first-order valence-electron chi connectivity index (χ1n) is 7.77. The van der Waals surface area contributed by atoms with E-state index in [4.69, 9.17) is 10.5 Å². The molecule has 1 aliphatic heterocycles. The number of carbonyl (C=O) groups is 1. The Morgan fingerprint density at radius 1 is 1.37 bits per heavy atom. The highest BCUT2D eigenvalue weighted by atomic mass is 16.5. The van der Waals surface area contributed by atoms with Gasteiger partial charge in [-0.05, 0) is 44.9 Å². The van der Waals surface area contributed by atoms with E-state index in [0.29, 0.717) is 5.92 Å². The first-order chi connectivity index (χ1) is 9.11. The Hall–Kier alpha value is -0.610. The van der Waals surface area contributed by atoms with Crippen molar-refractivity contribution in [1.82, 2.24) is 4.90 Å². The zero-order valence-electron chi connectivity index (χ0n) is 12.3. The average molecular weight is 268 g/mol. The second kappa shape index (κ2) is 6.71. The van der Waals surface area contributed by atoms with Crippen molar-refractivity contribution in [3.05, 3.63) is 0 Å². The molecule has 0 aromatic heterocycles. The molecule has 0 spiro atoms. The molecule has 4 heteroatoms. The van der Waals surface area contributed by atoms with E-state index >= 15 is 0 Å². The third-order valence-electron chi connectivity index (χ3n) is 4.58. The molecule has 4 nitrogen and oxygen atoms in total. The fourth-order valence-electron chi connectivity index (χ4n) is 3.43. The molecular weight excluding hydrogens is 240 g/mol. The summed E-state index contributed by atoms with van der Waals surface area (Å²) in [4.78, 5) is 14.6. The molecule has 1 heterocycles. The van der Waals surface area contributed by atoms with E-state index in [1.807, 2.05) is 11.8 Å². The summed E-state index contributed by atoms with van der Waals surface area (Å²) < 4.78 is 5.67. The van der Waals surface area contributed by atoms with Gasteiger partial charge in [0.25, 0.3) is 0 Å². The minimum absolute atomic E-state index is 0.0316. The standard InChI is InChI=1S/C15H28N2O2/c1-3-19-12-5-4-8-17(10-12)15(18)13-9-11(2)6-7-14(13)16/h11-14H,3-10,16H2,1-2H3. The summed E-state index contributed by atoms with van der Waals surface area (Å²) in [6, 6.07) is 0.0520. The van der Waals surface area contributed by atoms with E-state index < -0.39 is 0 Å². The van der Waals surface area contributed by atoms with Crippen LogP contribution in [0.2, 0.25) is 0 Å². The first kappa shape index (κ1) is 14.8. The van der Waals surface area contributed by atoms with E-state index in [0.717, 1.165) is 51.8 Å². The molecule has 19 heavy (non-hydrogen) atoms. The van der Waals surface area contributed by atoms with Gasteiger partial charge in [-0.1, -0.05) is 6.92 Å². The molecule has 2 N–H and O–H groups in total. The van der Waals surface area contributed by atoms with Gasteiger partial charge in [0.2, 0.25) is 5.91 Å². The minimum Gasteiger partial charge on any atom is -0.377 e. The van der Waals surface area contributed by atoms with Crippen LogP contribution in [0.1, 0.15) is 46.0 Å². The highest BCUT2D eigenvalue weighted by Gasteiger charge is 2.35. The molecule has 4 atom stereocenters. The molecule has 2 fully saturated rings. The monoisotopic (exact) mass is 268 g/mol. The lowest BCUT2D eigenvalue weighted by Gasteiger charge is -2.38. The smallest absolute Gasteiger partial charge is 0.227 e. The van der Waals surface area contributed by atoms with Crippen molar-refractivity contribution in [1.29, 1.82) is 0 Å². The highest BCUT2D eigenvalue weighted by molar-refractivity contribution is 5.79. The Morgan fingerprint density at radius 2 is 2.16 bits per heavy atom. The summed E-state index contributed by atoms with van der Waals surface area (Å²) in [6.45, 7) is 6.60. The number of rotatable bonds is 3. The lowest BCUT2D eigenvalue weighted by molar-refractivity contribution is -0.141. The second-order valence-electron chi connectivity index (χ2n) is 6.19. The van der Waals surface area contributed by atoms with Gasteiger partial charge in [0, 0.05) is 25.7 Å². The van der Waals surface area contributed by atoms with E-state index in [1.54, 1.807) is 0 Å². The third-order valence-corrected chi connectivity index (χ3v) is 4.58. The van der Waals surface area contributed by atoms with E-state index in [-0.39, 0.29) is 24.0 Å². The predicted octanol–water partition coefficient (Wildman–Crippen LogP) is 1.78. The zero-order chi connectivity index (χ0) is 13.8. The molecule has 0 aromatic rings. The van der Waals surface area contributed by atoms with Gasteiger partial charge in [-0.25, -0.2) is 0 Å². The fourth-order valence-corrected chi connectivity index (χ4v) is 3.43. The number of hydrogen-bond donors (Lipinski definition) is 1. The van der Waals surface area contributed by atoms with Gasteiger partial charge in [0.1, 0.15) is 0 Å². The van der Waals surface area contributed by atoms with E-state index in [2.05, 4.69) is 6.92 Å². The van der Waals surface area contributed by atoms with Crippen molar-refractivity contribution in [2.24, 2.45) is 17.6 Å². The van der Waals surface area contributed by atoms with Crippen molar-refractivity contribution < 1.29 is 9.53 Å². The Morgan fingerprint density at radius 3 is 2.89 bits per heavy atom. The molecule has 1 amide bonds. The quantitative estimate of drug-likeness (QED) is 0.849. The second-order valence-corrected chi connectivity index (χ2v) is 6.19. The molecule has 110 valence electrons. The Bertz CT molecular complexity index is 307. The van der Waals surface area contributed by atoms with Crippen LogP contribution in [0.3, 0.4) is 0 Å². The Balaban J connectivity index is 1.94. The summed E-state index contributed by atoms with van der Waals surface area (Å²) in [5, 5.41) is 0. The van der Waals surface area contributed by atoms with Gasteiger partial charge >= 0.3 is 0 Å². The first-order valence-corrected chi connectivity index (χ1v) is 7.77. The summed E-state index contributed by atoms with van der Waals surface area (Å²) in [5.74, 6) is 0.925. The number of amides is 1. The van der Waals surface area contributed by atoms with Crippen LogP contribution in [0, 0.1) is 11.8 Å². The van der Waals surface area contributed by atoms with E-state index in [9.17, 15) is 4.79 Å². The maximum absolute atomic E-state index is 12.6. The molecule has 1 aliphatic carbocycles. The molecule has 0 aromatic carbocycles. The summed E-state index contributed by atoms with van der Waals surface area (Å²) in [5.41, 5.74) is 6.16. The third kappa shape index (κ3) is 3.69. The molecule has 4 unspecified atom stereocenters. The fraction of sp³-hybridized carbons (Fsp3) is 0.933. The minimum atomic E-state index is 0.0316. The summed E-state index contributed by atoms with van der Waals surface area (Å²) in [6.07, 6.45) is 5.45. The van der Waals surface area contributed by atoms with Gasteiger partial charge < -0.3 is 15.4 Å². The Labute approximate surface area is 116 Å². The van der Waals surface area contributed by atoms with Crippen LogP contribution in [0.4, 0.5) is 0 Å². The summed E-state index contributed by atoms with van der Waals surface area (Å²) >= 11 is 0. The maximum Gasteiger partial charge on any atom is 0.227 e. The van der Waals surface area contributed by atoms with Crippen LogP contribution < -0.4 is 5.73 Å². The van der Waals surface area contributed by atoms with Crippen LogP contribution in [0.15, 0.2) is 0 Å². The van der Waals surface area contributed by atoms with Crippen molar-refractivity contribution in [2.75, 3.05) is 19.7 Å². The zero-order valence-corrected chi connectivity index (χ0v) is 12.3. The molecule has 1 saturated carbocycles. The van der Waals surface area contributed by atoms with Crippen molar-refractivity contribution in [3.63, 3.8) is 0 Å². The SMILES string of the molecule is CCOC1CCCN(C(=O)C2CC(C)CCC2N)C1. The average Bonchev–Trinajstić information content (AvgIpc) is 2.41. The lowest BCUT2D eigenvalue weighted by Crippen LogP contribution is -2.51. The van der Waals surface area contributed by atoms with Crippen LogP contribution in [0.5, 0.6) is 0 Å². The molecule has 1 saturated heterocycles. The maximum atomic E-state index is 12.6. The van der Waals surface area contributed by atoms with Crippen molar-refractivity contribution in [2.45, 2.75) is 58.1 Å². The molecule has 0 bridgehead atoms. The normalized spacial score (nSPS) is 36.3. The number of hydrogen-bond acceptors (Lipinski definition) is 3. The van der Waals surface area contributed by atoms with Gasteiger partial charge in [0.05, 0.1) is 12.0 Å². The number of carbonyl (C=O) groups excluding carboxylic acids is 1. The van der Waals surface area contributed by atoms with Crippen LogP contribution >= 0.6 is 0 Å². The number of piperidine rings is 1. The van der Waals surface area contributed by atoms with Gasteiger partial charge in [-0.2, -0.15) is 0 Å². The van der Waals surface area contributed by atoms with Gasteiger partial charge in [-0.3, -0.25) is 4.79 Å². The lowest BCUT2D eigenvalue weighted by atomic mass is 9.78. The van der Waals surface area contributed by atoms with Crippen LogP contribution in [-0.4, -0.2) is 42.6 Å².